The number of anilines is 1. The van der Waals surface area contributed by atoms with Crippen molar-refractivity contribution in [2.75, 3.05) is 11.4 Å². The van der Waals surface area contributed by atoms with Crippen molar-refractivity contribution in [2.24, 2.45) is 0 Å². The lowest BCUT2D eigenvalue weighted by Gasteiger charge is -2.34. The van der Waals surface area contributed by atoms with Crippen LogP contribution in [0.5, 0.6) is 0 Å². The fourth-order valence-corrected chi connectivity index (χ4v) is 14.6. The van der Waals surface area contributed by atoms with Gasteiger partial charge in [0.05, 0.1) is 40.1 Å². The lowest BCUT2D eigenvalue weighted by Crippen LogP contribution is -2.28. The maximum Gasteiger partial charge on any atom is 0.136 e. The Labute approximate surface area is 539 Å². The van der Waals surface area contributed by atoms with Gasteiger partial charge in [-0.2, -0.15) is 8.75 Å². The molecule has 0 bridgehead atoms. The van der Waals surface area contributed by atoms with E-state index in [-0.39, 0.29) is 0 Å². The predicted octanol–water partition coefficient (Wildman–Crippen LogP) is 22.9. The molecule has 7 heteroatoms. The molecule has 0 fully saturated rings. The van der Waals surface area contributed by atoms with Crippen LogP contribution in [0.4, 0.5) is 5.69 Å². The van der Waals surface area contributed by atoms with Crippen molar-refractivity contribution in [2.45, 2.75) is 39.0 Å². The molecule has 0 N–H and O–H groups in total. The van der Waals surface area contributed by atoms with Crippen LogP contribution in [0, 0.1) is 0 Å². The summed E-state index contributed by atoms with van der Waals surface area (Å²) in [5.41, 5.74) is 25.0. The zero-order valence-electron chi connectivity index (χ0n) is 51.4. The molecule has 0 aliphatic heterocycles. The summed E-state index contributed by atoms with van der Waals surface area (Å²) in [7, 11) is 0. The van der Waals surface area contributed by atoms with Gasteiger partial charge in [-0.05, 0) is 196 Å². The summed E-state index contributed by atoms with van der Waals surface area (Å²) in [6, 6.07) is 85.8. The smallest absolute Gasteiger partial charge is 0.136 e. The van der Waals surface area contributed by atoms with Crippen LogP contribution >= 0.6 is 11.7 Å². The fourth-order valence-electron chi connectivity index (χ4n) is 14.3. The highest BCUT2D eigenvalue weighted by Gasteiger charge is 2.46. The lowest BCUT2D eigenvalue weighted by atomic mass is 9.67. The van der Waals surface area contributed by atoms with E-state index in [0.717, 1.165) is 135 Å². The predicted molar refractivity (Wildman–Crippen MR) is 386 cm³/mol. The number of hydrogen-bond donors (Lipinski definition) is 0. The second-order valence-corrected chi connectivity index (χ2v) is 24.6. The van der Waals surface area contributed by atoms with Gasteiger partial charge in [0.25, 0.3) is 0 Å². The second kappa shape index (κ2) is 23.7. The molecule has 2 aliphatic carbocycles. The van der Waals surface area contributed by atoms with Crippen molar-refractivity contribution in [3.05, 3.63) is 337 Å². The van der Waals surface area contributed by atoms with Gasteiger partial charge in [-0.3, -0.25) is 0 Å². The topological polar surface area (TPSA) is 60.2 Å². The molecule has 0 unspecified atom stereocenters. The molecular formula is C85H64N4O2S. The third-order valence-corrected chi connectivity index (χ3v) is 19.2. The quantitative estimate of drug-likeness (QED) is 0.108. The summed E-state index contributed by atoms with van der Waals surface area (Å²) >= 11 is 1.20. The van der Waals surface area contributed by atoms with E-state index < -0.39 is 5.41 Å². The minimum Gasteiger partial charge on any atom is -0.456 e. The van der Waals surface area contributed by atoms with E-state index in [1.54, 1.807) is 0 Å². The number of hydrogen-bond acceptors (Lipinski definition) is 6. The lowest BCUT2D eigenvalue weighted by molar-refractivity contribution is 0.668. The van der Waals surface area contributed by atoms with Gasteiger partial charge in [0.2, 0.25) is 0 Å². The number of aromatic nitrogens is 3. The van der Waals surface area contributed by atoms with E-state index in [2.05, 4.69) is 291 Å². The Morgan fingerprint density at radius 1 is 0.511 bits per heavy atom. The number of rotatable bonds is 13. The van der Waals surface area contributed by atoms with Crippen molar-refractivity contribution in [1.29, 1.82) is 0 Å². The number of furan rings is 2. The Balaban J connectivity index is 0.730. The molecule has 442 valence electrons. The van der Waals surface area contributed by atoms with Crippen molar-refractivity contribution in [1.82, 2.24) is 13.3 Å². The van der Waals surface area contributed by atoms with E-state index in [1.165, 1.54) is 50.7 Å². The number of nitrogens with zero attached hydrogens (tertiary/aromatic N) is 4. The minimum absolute atomic E-state index is 0.476. The van der Waals surface area contributed by atoms with Crippen LogP contribution in [0.2, 0.25) is 0 Å². The van der Waals surface area contributed by atoms with Crippen LogP contribution in [-0.4, -0.2) is 19.9 Å². The molecule has 0 spiro atoms. The average Bonchev–Trinajstić information content (AvgIpc) is 1.53. The second-order valence-electron chi connectivity index (χ2n) is 24.0. The average molecular weight is 1210 g/mol. The van der Waals surface area contributed by atoms with Crippen molar-refractivity contribution in [3.63, 3.8) is 0 Å². The van der Waals surface area contributed by atoms with Crippen LogP contribution in [0.25, 0.3) is 116 Å². The number of allylic oxidation sites excluding steroid dienone is 10. The minimum atomic E-state index is -0.476. The highest BCUT2D eigenvalue weighted by atomic mass is 32.1. The normalized spacial score (nSPS) is 14.0. The van der Waals surface area contributed by atoms with Gasteiger partial charge in [-0.1, -0.05) is 200 Å². The van der Waals surface area contributed by atoms with Crippen LogP contribution in [0.15, 0.2) is 312 Å². The molecule has 0 saturated carbocycles. The molecule has 6 nitrogen and oxygen atoms in total. The summed E-state index contributed by atoms with van der Waals surface area (Å²) in [5, 5.41) is 6.81. The molecule has 10 aromatic carbocycles. The van der Waals surface area contributed by atoms with E-state index in [9.17, 15) is 0 Å². The largest absolute Gasteiger partial charge is 0.456 e. The van der Waals surface area contributed by atoms with Gasteiger partial charge in [0, 0.05) is 56.5 Å². The van der Waals surface area contributed by atoms with Crippen molar-refractivity contribution < 1.29 is 8.83 Å². The van der Waals surface area contributed by atoms with Gasteiger partial charge < -0.3 is 18.3 Å². The number of para-hydroxylation sites is 2. The van der Waals surface area contributed by atoms with Crippen molar-refractivity contribution >= 4 is 99.9 Å². The van der Waals surface area contributed by atoms with E-state index in [1.807, 2.05) is 36.7 Å². The van der Waals surface area contributed by atoms with E-state index in [0.29, 0.717) is 6.54 Å². The van der Waals surface area contributed by atoms with Gasteiger partial charge in [-0.25, -0.2) is 0 Å². The first-order valence-corrected chi connectivity index (χ1v) is 32.4. The Hall–Kier alpha value is -11.1. The molecule has 14 aromatic rings. The van der Waals surface area contributed by atoms with E-state index in [4.69, 9.17) is 17.6 Å². The highest BCUT2D eigenvalue weighted by molar-refractivity contribution is 6.98. The third kappa shape index (κ3) is 9.81. The van der Waals surface area contributed by atoms with E-state index >= 15 is 0 Å². The molecule has 4 aromatic heterocycles. The first kappa shape index (κ1) is 56.1. The molecular weight excluding hydrogens is 1140 g/mol. The third-order valence-electron chi connectivity index (χ3n) is 18.8. The maximum absolute atomic E-state index is 6.39. The van der Waals surface area contributed by atoms with Crippen LogP contribution in [0.1, 0.15) is 67.0 Å². The maximum atomic E-state index is 6.39. The van der Waals surface area contributed by atoms with Gasteiger partial charge >= 0.3 is 0 Å². The Kier molecular flexibility index (Phi) is 14.4. The summed E-state index contributed by atoms with van der Waals surface area (Å²) in [4.78, 5) is 2.36. The molecule has 4 heterocycles. The van der Waals surface area contributed by atoms with Crippen LogP contribution < -0.4 is 4.90 Å². The zero-order chi connectivity index (χ0) is 61.7. The first-order valence-electron chi connectivity index (χ1n) is 31.6. The molecule has 0 atom stereocenters. The Morgan fingerprint density at radius 2 is 1.08 bits per heavy atom. The fraction of sp³-hybridized carbons (Fsp3) is 0.0824. The molecule has 16 rings (SSSR count). The summed E-state index contributed by atoms with van der Waals surface area (Å²) in [6.07, 6.45) is 23.9. The summed E-state index contributed by atoms with van der Waals surface area (Å²) in [5.74, 6) is 0. The SMILES string of the molecule is C/C=C(\C=C/CN(C1=CCCC=C1)c1ccc(/C(C)=C/C=C(\C)n2c3ccc(-c4ccc5c(c4)oc4ccccc45)cc3c3cc(-c4ccc5c(c4)oc4ccccc45)ccc32)cnsnc1)c1ccc2c(c1)C(c1ccccc1)(c1ccccc1)c1ccccc1-2. The zero-order valence-corrected chi connectivity index (χ0v) is 52.2. The summed E-state index contributed by atoms with van der Waals surface area (Å²) in [6.45, 7) is 7.13. The van der Waals surface area contributed by atoms with Crippen molar-refractivity contribution in [3.8, 4) is 33.4 Å². The van der Waals surface area contributed by atoms with Crippen LogP contribution in [-0.2, 0) is 5.41 Å². The molecule has 0 saturated heterocycles. The standard InChI is InChI=1S/C85H64N4O2S/c1-4-58(61-37-43-70-69-28-14-17-31-77(69)85(78(70)51-61,65-22-8-5-9-23-65)66-24-10-6-11-25-66)21-20-48-88(67-26-12-7-13-27-67)68-42-36-64(54-86-92-87-55-68)56(2)34-35-57(3)89-79-46-40-59(62-38-44-73-71-29-15-18-32-81(71)90-83(73)52-62)49-75(79)76-50-60(41-47-80(76)89)63-39-45-74-72-30-16-19-33-82(72)91-84(74)53-63/h4-6,8-12,14-47,49-55H,7,13,48H2,1-3H3/b21-20-,56-34+,57-35+,58-4+,64-36?,68-42?,86-54?,87-55?. The number of fused-ring (bicyclic) bond motifs is 12. The van der Waals surface area contributed by atoms with Gasteiger partial charge in [0.1, 0.15) is 22.3 Å². The van der Waals surface area contributed by atoms with Gasteiger partial charge in [-0.15, -0.1) is 0 Å². The van der Waals surface area contributed by atoms with Crippen LogP contribution in [0.3, 0.4) is 0 Å². The molecule has 92 heavy (non-hydrogen) atoms. The molecule has 0 radical (unpaired) electrons. The Morgan fingerprint density at radius 3 is 1.72 bits per heavy atom. The first-order chi connectivity index (χ1) is 45.4. The Bertz CT molecular complexity index is 5280. The van der Waals surface area contributed by atoms with Gasteiger partial charge in [0.15, 0.2) is 0 Å². The number of benzene rings is 10. The molecule has 2 aliphatic rings. The summed E-state index contributed by atoms with van der Waals surface area (Å²) < 4.78 is 24.7. The monoisotopic (exact) mass is 1200 g/mol. The molecule has 0 amide bonds. The highest BCUT2D eigenvalue weighted by Crippen LogP contribution is 2.56.